The van der Waals surface area contributed by atoms with Crippen LogP contribution in [-0.4, -0.2) is 19.7 Å². The molecule has 0 spiro atoms. The Bertz CT molecular complexity index is 980. The number of aromatic nitrogens is 1. The van der Waals surface area contributed by atoms with Gasteiger partial charge in [-0.2, -0.15) is 13.2 Å². The molecule has 0 atom stereocenters. The molecule has 0 unspecified atom stereocenters. The van der Waals surface area contributed by atoms with Crippen molar-refractivity contribution in [1.82, 2.24) is 4.98 Å². The van der Waals surface area contributed by atoms with Crippen LogP contribution in [0.2, 0.25) is 5.15 Å². The van der Waals surface area contributed by atoms with Crippen molar-refractivity contribution in [3.8, 4) is 0 Å². The summed E-state index contributed by atoms with van der Waals surface area (Å²) in [6.07, 6.45) is 0.0454. The van der Waals surface area contributed by atoms with E-state index in [1.807, 2.05) is 0 Å². The fraction of sp³-hybridized carbons (Fsp3) is 0.278. The molecule has 3 nitrogen and oxygen atoms in total. The molecule has 26 heavy (non-hydrogen) atoms. The van der Waals surface area contributed by atoms with E-state index in [2.05, 4.69) is 4.98 Å². The SMILES string of the molecule is CS(=O)(=O)c1ccc(C2=C(c3cnc(Cl)c(C(F)(F)F)c3)CCC2)cc1. The van der Waals surface area contributed by atoms with Crippen LogP contribution < -0.4 is 0 Å². The van der Waals surface area contributed by atoms with Gasteiger partial charge in [-0.05, 0) is 59.7 Å². The quantitative estimate of drug-likeness (QED) is 0.660. The van der Waals surface area contributed by atoms with Crippen LogP contribution in [0.5, 0.6) is 0 Å². The third-order valence-electron chi connectivity index (χ3n) is 4.34. The largest absolute Gasteiger partial charge is 0.419 e. The predicted octanol–water partition coefficient (Wildman–Crippen LogP) is 5.25. The van der Waals surface area contributed by atoms with Crippen molar-refractivity contribution in [1.29, 1.82) is 0 Å². The molecule has 0 aliphatic heterocycles. The first-order chi connectivity index (χ1) is 12.1. The lowest BCUT2D eigenvalue weighted by molar-refractivity contribution is -0.137. The molecule has 1 aliphatic rings. The number of rotatable bonds is 3. The molecule has 0 saturated heterocycles. The molecule has 1 aromatic carbocycles. The number of alkyl halides is 3. The Kier molecular flexibility index (Phi) is 4.88. The van der Waals surface area contributed by atoms with E-state index in [1.165, 1.54) is 18.3 Å². The molecule has 0 bridgehead atoms. The number of allylic oxidation sites excluding steroid dienone is 2. The van der Waals surface area contributed by atoms with Gasteiger partial charge in [0.05, 0.1) is 10.5 Å². The van der Waals surface area contributed by atoms with E-state index in [4.69, 9.17) is 11.6 Å². The summed E-state index contributed by atoms with van der Waals surface area (Å²) in [4.78, 5) is 3.90. The molecule has 1 aliphatic carbocycles. The van der Waals surface area contributed by atoms with E-state index in [9.17, 15) is 21.6 Å². The number of sulfone groups is 1. The fourth-order valence-corrected chi connectivity index (χ4v) is 3.94. The first-order valence-electron chi connectivity index (χ1n) is 7.83. The van der Waals surface area contributed by atoms with Crippen molar-refractivity contribution in [2.75, 3.05) is 6.26 Å². The third kappa shape index (κ3) is 3.78. The summed E-state index contributed by atoms with van der Waals surface area (Å²) in [5.74, 6) is 0. The van der Waals surface area contributed by atoms with Gasteiger partial charge >= 0.3 is 6.18 Å². The maximum Gasteiger partial charge on any atom is 0.419 e. The zero-order chi connectivity index (χ0) is 19.1. The van der Waals surface area contributed by atoms with Crippen molar-refractivity contribution in [3.05, 3.63) is 58.4 Å². The standard InChI is InChI=1S/C18H15ClF3NO2S/c1-26(24,25)13-7-5-11(6-8-13)14-3-2-4-15(14)12-9-16(18(20,21)22)17(19)23-10-12/h5-10H,2-4H2,1H3. The minimum Gasteiger partial charge on any atom is -0.243 e. The fourth-order valence-electron chi connectivity index (χ4n) is 3.10. The first kappa shape index (κ1) is 18.9. The lowest BCUT2D eigenvalue weighted by Gasteiger charge is -2.13. The Labute approximate surface area is 154 Å². The molecule has 138 valence electrons. The van der Waals surface area contributed by atoms with Crippen molar-refractivity contribution in [2.45, 2.75) is 30.3 Å². The van der Waals surface area contributed by atoms with Crippen LogP contribution >= 0.6 is 11.6 Å². The van der Waals surface area contributed by atoms with Gasteiger partial charge < -0.3 is 0 Å². The topological polar surface area (TPSA) is 47.0 Å². The molecule has 1 aromatic heterocycles. The predicted molar refractivity (Wildman–Crippen MR) is 94.5 cm³/mol. The Balaban J connectivity index is 2.07. The summed E-state index contributed by atoms with van der Waals surface area (Å²) in [5, 5.41) is -0.570. The summed E-state index contributed by atoms with van der Waals surface area (Å²) in [7, 11) is -3.30. The van der Waals surface area contributed by atoms with E-state index in [0.29, 0.717) is 18.4 Å². The maximum absolute atomic E-state index is 13.1. The van der Waals surface area contributed by atoms with Crippen LogP contribution in [0.15, 0.2) is 41.4 Å². The number of benzene rings is 1. The molecule has 0 fully saturated rings. The number of hydrogen-bond donors (Lipinski definition) is 0. The summed E-state index contributed by atoms with van der Waals surface area (Å²) in [6, 6.07) is 7.42. The first-order valence-corrected chi connectivity index (χ1v) is 10.1. The van der Waals surface area contributed by atoms with Gasteiger partial charge in [0, 0.05) is 12.5 Å². The zero-order valence-electron chi connectivity index (χ0n) is 13.8. The van der Waals surface area contributed by atoms with E-state index in [0.717, 1.165) is 35.5 Å². The smallest absolute Gasteiger partial charge is 0.243 e. The van der Waals surface area contributed by atoms with E-state index < -0.39 is 26.7 Å². The van der Waals surface area contributed by atoms with Crippen molar-refractivity contribution < 1.29 is 21.6 Å². The van der Waals surface area contributed by atoms with Gasteiger partial charge in [-0.15, -0.1) is 0 Å². The Morgan fingerprint density at radius 3 is 2.15 bits per heavy atom. The normalized spacial score (nSPS) is 15.6. The average molecular weight is 402 g/mol. The van der Waals surface area contributed by atoms with Crippen LogP contribution in [-0.2, 0) is 16.0 Å². The lowest BCUT2D eigenvalue weighted by atomic mass is 9.97. The van der Waals surface area contributed by atoms with Gasteiger partial charge in [0.25, 0.3) is 0 Å². The van der Waals surface area contributed by atoms with E-state index in [1.54, 1.807) is 12.1 Å². The molecule has 2 aromatic rings. The van der Waals surface area contributed by atoms with Gasteiger partial charge in [-0.3, -0.25) is 0 Å². The van der Waals surface area contributed by atoms with Gasteiger partial charge in [-0.25, -0.2) is 13.4 Å². The van der Waals surface area contributed by atoms with E-state index in [-0.39, 0.29) is 4.90 Å². The number of hydrogen-bond acceptors (Lipinski definition) is 3. The van der Waals surface area contributed by atoms with Crippen LogP contribution in [0.25, 0.3) is 11.1 Å². The Morgan fingerprint density at radius 2 is 1.62 bits per heavy atom. The second kappa shape index (κ2) is 6.70. The molecule has 0 radical (unpaired) electrons. The lowest BCUT2D eigenvalue weighted by Crippen LogP contribution is -2.07. The summed E-state index contributed by atoms with van der Waals surface area (Å²) >= 11 is 5.60. The number of pyridine rings is 1. The van der Waals surface area contributed by atoms with Crippen molar-refractivity contribution >= 4 is 32.6 Å². The molecule has 0 amide bonds. The van der Waals surface area contributed by atoms with Gasteiger partial charge in [0.2, 0.25) is 0 Å². The van der Waals surface area contributed by atoms with Gasteiger partial charge in [0.1, 0.15) is 5.15 Å². The highest BCUT2D eigenvalue weighted by Crippen LogP contribution is 2.42. The minimum absolute atomic E-state index is 0.203. The molecule has 0 N–H and O–H groups in total. The molecule has 8 heteroatoms. The Hall–Kier alpha value is -1.86. The summed E-state index contributed by atoms with van der Waals surface area (Å²) in [5.41, 5.74) is 1.92. The monoisotopic (exact) mass is 401 g/mol. The second-order valence-electron chi connectivity index (χ2n) is 6.17. The van der Waals surface area contributed by atoms with Gasteiger partial charge in [-0.1, -0.05) is 23.7 Å². The molecule has 3 rings (SSSR count). The van der Waals surface area contributed by atoms with Crippen LogP contribution in [0.3, 0.4) is 0 Å². The number of nitrogens with zero attached hydrogens (tertiary/aromatic N) is 1. The van der Waals surface area contributed by atoms with Crippen molar-refractivity contribution in [3.63, 3.8) is 0 Å². The van der Waals surface area contributed by atoms with E-state index >= 15 is 0 Å². The summed E-state index contributed by atoms with van der Waals surface area (Å²) < 4.78 is 62.4. The summed E-state index contributed by atoms with van der Waals surface area (Å²) in [6.45, 7) is 0. The number of halogens is 4. The molecule has 0 saturated carbocycles. The van der Waals surface area contributed by atoms with Crippen LogP contribution in [0.4, 0.5) is 13.2 Å². The van der Waals surface area contributed by atoms with Crippen molar-refractivity contribution in [2.24, 2.45) is 0 Å². The zero-order valence-corrected chi connectivity index (χ0v) is 15.3. The molecular weight excluding hydrogens is 387 g/mol. The molecular formula is C18H15ClF3NO2S. The minimum atomic E-state index is -4.57. The average Bonchev–Trinajstić information content (AvgIpc) is 3.03. The van der Waals surface area contributed by atoms with Crippen LogP contribution in [0, 0.1) is 0 Å². The Morgan fingerprint density at radius 1 is 1.04 bits per heavy atom. The third-order valence-corrected chi connectivity index (χ3v) is 5.77. The highest BCUT2D eigenvalue weighted by atomic mass is 35.5. The second-order valence-corrected chi connectivity index (χ2v) is 8.54. The highest BCUT2D eigenvalue weighted by Gasteiger charge is 2.34. The maximum atomic E-state index is 13.1. The van der Waals surface area contributed by atoms with Gasteiger partial charge in [0.15, 0.2) is 9.84 Å². The van der Waals surface area contributed by atoms with Crippen LogP contribution in [0.1, 0.15) is 36.0 Å². The molecule has 1 heterocycles. The highest BCUT2D eigenvalue weighted by molar-refractivity contribution is 7.90.